The zero-order chi connectivity index (χ0) is 22.6. The van der Waals surface area contributed by atoms with E-state index in [0.717, 1.165) is 5.56 Å². The highest BCUT2D eigenvalue weighted by Crippen LogP contribution is 2.28. The van der Waals surface area contributed by atoms with E-state index in [1.165, 1.54) is 22.5 Å². The van der Waals surface area contributed by atoms with Gasteiger partial charge in [0.2, 0.25) is 10.0 Å². The first-order valence-electron chi connectivity index (χ1n) is 9.98. The quantitative estimate of drug-likeness (QED) is 0.657. The van der Waals surface area contributed by atoms with Crippen LogP contribution in [-0.4, -0.2) is 56.4 Å². The molecule has 0 N–H and O–H groups in total. The molecule has 1 fully saturated rings. The molecule has 0 saturated carbocycles. The molecule has 1 atom stereocenters. The molecule has 0 radical (unpaired) electrons. The maximum atomic E-state index is 13.4. The number of amides is 1. The van der Waals surface area contributed by atoms with E-state index >= 15 is 0 Å². The number of benzene rings is 2. The first-order valence-corrected chi connectivity index (χ1v) is 11.8. The summed E-state index contributed by atoms with van der Waals surface area (Å²) in [5, 5.41) is 9.18. The van der Waals surface area contributed by atoms with Crippen LogP contribution in [-0.2, 0) is 14.8 Å². The first kappa shape index (κ1) is 23.2. The number of ether oxygens (including phenoxy) is 1. The molecular formula is C22H24ClN3O4S. The maximum absolute atomic E-state index is 13.4. The van der Waals surface area contributed by atoms with Crippen molar-refractivity contribution in [3.05, 3.63) is 64.2 Å². The second-order valence-electron chi connectivity index (χ2n) is 7.16. The fourth-order valence-corrected chi connectivity index (χ4v) is 5.16. The lowest BCUT2D eigenvalue weighted by Crippen LogP contribution is -2.40. The van der Waals surface area contributed by atoms with Crippen molar-refractivity contribution >= 4 is 27.5 Å². The first-order chi connectivity index (χ1) is 14.8. The Labute approximate surface area is 187 Å². The van der Waals surface area contributed by atoms with Crippen LogP contribution >= 0.6 is 11.6 Å². The van der Waals surface area contributed by atoms with Crippen LogP contribution in [0.3, 0.4) is 0 Å². The van der Waals surface area contributed by atoms with Gasteiger partial charge in [-0.25, -0.2) is 8.42 Å². The zero-order valence-electron chi connectivity index (χ0n) is 17.4. The number of halogens is 1. The molecule has 0 bridgehead atoms. The van der Waals surface area contributed by atoms with Gasteiger partial charge in [-0.05, 0) is 49.7 Å². The third-order valence-corrected chi connectivity index (χ3v) is 7.59. The van der Waals surface area contributed by atoms with E-state index in [2.05, 4.69) is 6.07 Å². The summed E-state index contributed by atoms with van der Waals surface area (Å²) in [4.78, 5) is 15.0. The SMILES string of the molecule is CCN(C(=O)c1cc(S(=O)(=O)N2CCOCC2)ccc1Cl)C(C)c1ccc(C#N)cc1. The highest BCUT2D eigenvalue weighted by atomic mass is 35.5. The van der Waals surface area contributed by atoms with Crippen molar-refractivity contribution in [3.8, 4) is 6.07 Å². The van der Waals surface area contributed by atoms with E-state index in [1.54, 1.807) is 29.2 Å². The lowest BCUT2D eigenvalue weighted by molar-refractivity contribution is 0.0701. The molecule has 164 valence electrons. The average Bonchev–Trinajstić information content (AvgIpc) is 2.80. The Balaban J connectivity index is 1.92. The molecule has 0 aromatic heterocycles. The summed E-state index contributed by atoms with van der Waals surface area (Å²) in [5.74, 6) is -0.358. The van der Waals surface area contributed by atoms with E-state index in [1.807, 2.05) is 13.8 Å². The minimum atomic E-state index is -3.75. The molecule has 1 heterocycles. The van der Waals surface area contributed by atoms with Crippen molar-refractivity contribution < 1.29 is 17.9 Å². The monoisotopic (exact) mass is 461 g/mol. The van der Waals surface area contributed by atoms with Crippen molar-refractivity contribution in [2.24, 2.45) is 0 Å². The van der Waals surface area contributed by atoms with Gasteiger partial charge in [0, 0.05) is 19.6 Å². The molecule has 0 spiro atoms. The highest BCUT2D eigenvalue weighted by molar-refractivity contribution is 7.89. The fourth-order valence-electron chi connectivity index (χ4n) is 3.53. The van der Waals surface area contributed by atoms with Gasteiger partial charge in [-0.2, -0.15) is 9.57 Å². The van der Waals surface area contributed by atoms with E-state index in [9.17, 15) is 13.2 Å². The number of hydrogen-bond acceptors (Lipinski definition) is 5. The number of carbonyl (C=O) groups excluding carboxylic acids is 1. The Morgan fingerprint density at radius 2 is 1.87 bits per heavy atom. The molecule has 1 aliphatic rings. The third kappa shape index (κ3) is 4.91. The second kappa shape index (κ2) is 9.79. The molecule has 1 aliphatic heterocycles. The molecule has 3 rings (SSSR count). The van der Waals surface area contributed by atoms with Gasteiger partial charge in [-0.15, -0.1) is 0 Å². The van der Waals surface area contributed by atoms with Gasteiger partial charge in [-0.3, -0.25) is 4.79 Å². The predicted octanol–water partition coefficient (Wildman–Crippen LogP) is 3.46. The Hall–Kier alpha value is -2.44. The van der Waals surface area contributed by atoms with E-state index in [-0.39, 0.29) is 40.5 Å². The topological polar surface area (TPSA) is 90.7 Å². The maximum Gasteiger partial charge on any atom is 0.255 e. The Bertz CT molecular complexity index is 1090. The van der Waals surface area contributed by atoms with Crippen molar-refractivity contribution in [3.63, 3.8) is 0 Å². The largest absolute Gasteiger partial charge is 0.379 e. The summed E-state index contributed by atoms with van der Waals surface area (Å²) in [7, 11) is -3.75. The molecule has 0 aliphatic carbocycles. The number of hydrogen-bond donors (Lipinski definition) is 0. The number of nitrogens with zero attached hydrogens (tertiary/aromatic N) is 3. The van der Waals surface area contributed by atoms with Gasteiger partial charge < -0.3 is 9.64 Å². The summed E-state index contributed by atoms with van der Waals surface area (Å²) in [6.07, 6.45) is 0. The van der Waals surface area contributed by atoms with Crippen LogP contribution in [0, 0.1) is 11.3 Å². The van der Waals surface area contributed by atoms with Crippen LogP contribution in [0.4, 0.5) is 0 Å². The third-order valence-electron chi connectivity index (χ3n) is 5.37. The molecule has 2 aromatic rings. The normalized spacial score (nSPS) is 15.8. The molecular weight excluding hydrogens is 438 g/mol. The van der Waals surface area contributed by atoms with Crippen molar-refractivity contribution in [1.29, 1.82) is 5.26 Å². The predicted molar refractivity (Wildman–Crippen MR) is 117 cm³/mol. The molecule has 31 heavy (non-hydrogen) atoms. The summed E-state index contributed by atoms with van der Waals surface area (Å²) >= 11 is 6.31. The lowest BCUT2D eigenvalue weighted by Gasteiger charge is -2.29. The fraction of sp³-hybridized carbons (Fsp3) is 0.364. The van der Waals surface area contributed by atoms with Crippen LogP contribution < -0.4 is 0 Å². The molecule has 7 nitrogen and oxygen atoms in total. The molecule has 2 aromatic carbocycles. The second-order valence-corrected chi connectivity index (χ2v) is 9.50. The number of rotatable bonds is 6. The molecule has 9 heteroatoms. The van der Waals surface area contributed by atoms with Gasteiger partial charge in [0.05, 0.1) is 46.4 Å². The molecule has 1 amide bonds. The van der Waals surface area contributed by atoms with Gasteiger partial charge in [0.15, 0.2) is 0 Å². The van der Waals surface area contributed by atoms with E-state index in [4.69, 9.17) is 21.6 Å². The Morgan fingerprint density at radius 1 is 1.23 bits per heavy atom. The smallest absolute Gasteiger partial charge is 0.255 e. The number of nitriles is 1. The number of morpholine rings is 1. The molecule has 1 saturated heterocycles. The summed E-state index contributed by atoms with van der Waals surface area (Å²) in [6.45, 7) is 5.34. The number of sulfonamides is 1. The van der Waals surface area contributed by atoms with Gasteiger partial charge in [-0.1, -0.05) is 23.7 Å². The van der Waals surface area contributed by atoms with Crippen LogP contribution in [0.2, 0.25) is 5.02 Å². The zero-order valence-corrected chi connectivity index (χ0v) is 19.0. The van der Waals surface area contributed by atoms with Crippen molar-refractivity contribution in [1.82, 2.24) is 9.21 Å². The van der Waals surface area contributed by atoms with Crippen LogP contribution in [0.15, 0.2) is 47.4 Å². The van der Waals surface area contributed by atoms with Crippen molar-refractivity contribution in [2.75, 3.05) is 32.8 Å². The summed E-state index contributed by atoms with van der Waals surface area (Å²) in [5.41, 5.74) is 1.54. The minimum absolute atomic E-state index is 0.0317. The van der Waals surface area contributed by atoms with Crippen LogP contribution in [0.25, 0.3) is 0 Å². The van der Waals surface area contributed by atoms with Gasteiger partial charge >= 0.3 is 0 Å². The van der Waals surface area contributed by atoms with E-state index in [0.29, 0.717) is 25.3 Å². The lowest BCUT2D eigenvalue weighted by atomic mass is 10.0. The molecule has 1 unspecified atom stereocenters. The number of carbonyl (C=O) groups is 1. The Kier molecular flexibility index (Phi) is 7.34. The van der Waals surface area contributed by atoms with Gasteiger partial charge in [0.1, 0.15) is 0 Å². The standard InChI is InChI=1S/C22H24ClN3O4S/c1-3-26(16(2)18-6-4-17(15-24)5-7-18)22(27)20-14-19(8-9-21(20)23)31(28,29)25-10-12-30-13-11-25/h4-9,14,16H,3,10-13H2,1-2H3. The Morgan fingerprint density at radius 3 is 2.45 bits per heavy atom. The van der Waals surface area contributed by atoms with Crippen LogP contribution in [0.5, 0.6) is 0 Å². The van der Waals surface area contributed by atoms with E-state index < -0.39 is 10.0 Å². The van der Waals surface area contributed by atoms with Crippen LogP contribution in [0.1, 0.15) is 41.4 Å². The minimum Gasteiger partial charge on any atom is -0.379 e. The van der Waals surface area contributed by atoms with Gasteiger partial charge in [0.25, 0.3) is 5.91 Å². The summed E-state index contributed by atoms with van der Waals surface area (Å²) < 4.78 is 32.6. The van der Waals surface area contributed by atoms with Crippen molar-refractivity contribution in [2.45, 2.75) is 24.8 Å². The average molecular weight is 462 g/mol. The summed E-state index contributed by atoms with van der Waals surface area (Å²) in [6, 6.07) is 13.0. The highest BCUT2D eigenvalue weighted by Gasteiger charge is 2.29.